The summed E-state index contributed by atoms with van der Waals surface area (Å²) < 4.78 is 0. The number of hydrogen-bond acceptors (Lipinski definition) is 1. The van der Waals surface area contributed by atoms with Gasteiger partial charge in [-0.3, -0.25) is 0 Å². The van der Waals surface area contributed by atoms with E-state index in [0.717, 1.165) is 19.3 Å². The smallest absolute Gasteiger partial charge is 0.0512 e. The molecular weight excluding hydrogens is 136 g/mol. The van der Waals surface area contributed by atoms with Gasteiger partial charge in [0.1, 0.15) is 0 Å². The van der Waals surface area contributed by atoms with Crippen LogP contribution in [0.25, 0.3) is 0 Å². The summed E-state index contributed by atoms with van der Waals surface area (Å²) in [5, 5.41) is 8.98. The molecule has 0 fully saturated rings. The topological polar surface area (TPSA) is 20.2 Å². The second-order valence-corrected chi connectivity index (χ2v) is 3.53. The number of rotatable bonds is 5. The van der Waals surface area contributed by atoms with Crippen molar-refractivity contribution < 1.29 is 5.11 Å². The molecule has 0 aliphatic rings. The summed E-state index contributed by atoms with van der Waals surface area (Å²) in [7, 11) is 0. The van der Waals surface area contributed by atoms with E-state index in [-0.39, 0.29) is 6.10 Å². The van der Waals surface area contributed by atoms with Crippen LogP contribution >= 0.6 is 0 Å². The van der Waals surface area contributed by atoms with Gasteiger partial charge in [-0.25, -0.2) is 0 Å². The molecule has 1 nitrogen and oxygen atoms in total. The maximum Gasteiger partial charge on any atom is 0.0512 e. The highest BCUT2D eigenvalue weighted by molar-refractivity contribution is 4.93. The lowest BCUT2D eigenvalue weighted by Gasteiger charge is -2.10. The predicted octanol–water partition coefficient (Wildman–Crippen LogP) is 2.75. The van der Waals surface area contributed by atoms with Crippen molar-refractivity contribution in [3.63, 3.8) is 0 Å². The van der Waals surface area contributed by atoms with Crippen molar-refractivity contribution in [2.75, 3.05) is 0 Å². The molecule has 0 rings (SSSR count). The van der Waals surface area contributed by atoms with E-state index in [1.807, 2.05) is 6.92 Å². The maximum atomic E-state index is 8.98. The van der Waals surface area contributed by atoms with Crippen molar-refractivity contribution >= 4 is 0 Å². The number of aliphatic hydroxyl groups excluding tert-OH is 1. The van der Waals surface area contributed by atoms with Gasteiger partial charge in [0.15, 0.2) is 0 Å². The van der Waals surface area contributed by atoms with Gasteiger partial charge in [0.05, 0.1) is 6.10 Å². The summed E-state index contributed by atoms with van der Waals surface area (Å²) in [4.78, 5) is 0. The SMILES string of the molecule is C=C(C)C(C)CCCC(C)O. The first-order valence-corrected chi connectivity index (χ1v) is 4.37. The predicted molar refractivity (Wildman–Crippen MR) is 49.5 cm³/mol. The zero-order valence-corrected chi connectivity index (χ0v) is 7.93. The standard InChI is InChI=1S/C10H20O/c1-8(2)9(3)6-5-7-10(4)11/h9-11H,1,5-7H2,2-4H3. The van der Waals surface area contributed by atoms with Gasteiger partial charge in [-0.15, -0.1) is 0 Å². The fourth-order valence-corrected chi connectivity index (χ4v) is 0.966. The first kappa shape index (κ1) is 10.7. The molecule has 0 aromatic heterocycles. The largest absolute Gasteiger partial charge is 0.393 e. The van der Waals surface area contributed by atoms with Crippen LogP contribution in [-0.4, -0.2) is 11.2 Å². The molecule has 0 aromatic rings. The average molecular weight is 156 g/mol. The van der Waals surface area contributed by atoms with Gasteiger partial charge < -0.3 is 5.11 Å². The highest BCUT2D eigenvalue weighted by atomic mass is 16.3. The van der Waals surface area contributed by atoms with Crippen molar-refractivity contribution in [3.8, 4) is 0 Å². The summed E-state index contributed by atoms with van der Waals surface area (Å²) >= 11 is 0. The van der Waals surface area contributed by atoms with Crippen LogP contribution in [-0.2, 0) is 0 Å². The maximum absolute atomic E-state index is 8.98. The zero-order chi connectivity index (χ0) is 8.85. The molecule has 1 N–H and O–H groups in total. The van der Waals surface area contributed by atoms with Gasteiger partial charge in [-0.1, -0.05) is 25.5 Å². The van der Waals surface area contributed by atoms with E-state index in [4.69, 9.17) is 5.11 Å². The molecule has 0 bridgehead atoms. The Balaban J connectivity index is 3.31. The van der Waals surface area contributed by atoms with E-state index in [1.54, 1.807) is 0 Å². The van der Waals surface area contributed by atoms with Crippen LogP contribution in [0.15, 0.2) is 12.2 Å². The quantitative estimate of drug-likeness (QED) is 0.607. The van der Waals surface area contributed by atoms with Gasteiger partial charge >= 0.3 is 0 Å². The summed E-state index contributed by atoms with van der Waals surface area (Å²) in [5.74, 6) is 0.605. The monoisotopic (exact) mass is 156 g/mol. The molecule has 0 amide bonds. The molecule has 0 spiro atoms. The van der Waals surface area contributed by atoms with Crippen molar-refractivity contribution in [3.05, 3.63) is 12.2 Å². The Labute approximate surface area is 70.1 Å². The zero-order valence-electron chi connectivity index (χ0n) is 7.93. The van der Waals surface area contributed by atoms with Gasteiger partial charge in [0, 0.05) is 0 Å². The third-order valence-corrected chi connectivity index (χ3v) is 2.10. The Morgan fingerprint density at radius 2 is 1.91 bits per heavy atom. The molecule has 2 unspecified atom stereocenters. The molecule has 66 valence electrons. The van der Waals surface area contributed by atoms with Crippen LogP contribution in [0, 0.1) is 5.92 Å². The van der Waals surface area contributed by atoms with E-state index in [2.05, 4.69) is 20.4 Å². The molecule has 0 aromatic carbocycles. The molecule has 0 heterocycles. The molecule has 2 atom stereocenters. The van der Waals surface area contributed by atoms with Crippen LogP contribution in [0.1, 0.15) is 40.0 Å². The van der Waals surface area contributed by atoms with Gasteiger partial charge in [-0.05, 0) is 32.6 Å². The van der Waals surface area contributed by atoms with Gasteiger partial charge in [0.25, 0.3) is 0 Å². The molecule has 0 aliphatic carbocycles. The van der Waals surface area contributed by atoms with E-state index < -0.39 is 0 Å². The van der Waals surface area contributed by atoms with Crippen molar-refractivity contribution in [2.45, 2.75) is 46.1 Å². The van der Waals surface area contributed by atoms with Gasteiger partial charge in [-0.2, -0.15) is 0 Å². The Hall–Kier alpha value is -0.300. The van der Waals surface area contributed by atoms with Crippen molar-refractivity contribution in [1.29, 1.82) is 0 Å². The minimum absolute atomic E-state index is 0.146. The third-order valence-electron chi connectivity index (χ3n) is 2.10. The lowest BCUT2D eigenvalue weighted by molar-refractivity contribution is 0.179. The number of allylic oxidation sites excluding steroid dienone is 1. The first-order chi connectivity index (χ1) is 5.04. The van der Waals surface area contributed by atoms with Crippen molar-refractivity contribution in [2.24, 2.45) is 5.92 Å². The fraction of sp³-hybridized carbons (Fsp3) is 0.800. The van der Waals surface area contributed by atoms with Gasteiger partial charge in [0.2, 0.25) is 0 Å². The van der Waals surface area contributed by atoms with Crippen LogP contribution in [0.5, 0.6) is 0 Å². The highest BCUT2D eigenvalue weighted by Crippen LogP contribution is 2.15. The Morgan fingerprint density at radius 3 is 2.27 bits per heavy atom. The Bertz CT molecular complexity index is 116. The summed E-state index contributed by atoms with van der Waals surface area (Å²) in [6, 6.07) is 0. The molecular formula is C10H20O. The van der Waals surface area contributed by atoms with E-state index in [0.29, 0.717) is 5.92 Å². The van der Waals surface area contributed by atoms with Crippen LogP contribution in [0.3, 0.4) is 0 Å². The molecule has 11 heavy (non-hydrogen) atoms. The van der Waals surface area contributed by atoms with E-state index >= 15 is 0 Å². The molecule has 0 saturated heterocycles. The lowest BCUT2D eigenvalue weighted by atomic mass is 9.97. The van der Waals surface area contributed by atoms with Crippen LogP contribution < -0.4 is 0 Å². The van der Waals surface area contributed by atoms with Crippen molar-refractivity contribution in [1.82, 2.24) is 0 Å². The number of aliphatic hydroxyl groups is 1. The second-order valence-electron chi connectivity index (χ2n) is 3.53. The molecule has 0 aliphatic heterocycles. The molecule has 0 saturated carbocycles. The minimum Gasteiger partial charge on any atom is -0.393 e. The molecule has 1 heteroatoms. The highest BCUT2D eigenvalue weighted by Gasteiger charge is 2.02. The fourth-order valence-electron chi connectivity index (χ4n) is 0.966. The lowest BCUT2D eigenvalue weighted by Crippen LogP contribution is -2.01. The average Bonchev–Trinajstić information content (AvgIpc) is 1.86. The Morgan fingerprint density at radius 1 is 1.36 bits per heavy atom. The second kappa shape index (κ2) is 5.36. The molecule has 0 radical (unpaired) electrons. The van der Waals surface area contributed by atoms with Crippen LogP contribution in [0.2, 0.25) is 0 Å². The van der Waals surface area contributed by atoms with Crippen LogP contribution in [0.4, 0.5) is 0 Å². The Kier molecular flexibility index (Phi) is 5.22. The first-order valence-electron chi connectivity index (χ1n) is 4.37. The third kappa shape index (κ3) is 6.11. The summed E-state index contributed by atoms with van der Waals surface area (Å²) in [6.07, 6.45) is 3.02. The summed E-state index contributed by atoms with van der Waals surface area (Å²) in [5.41, 5.74) is 1.25. The van der Waals surface area contributed by atoms with E-state index in [9.17, 15) is 0 Å². The summed E-state index contributed by atoms with van der Waals surface area (Å²) in [6.45, 7) is 9.98. The normalized spacial score (nSPS) is 16.0. The van der Waals surface area contributed by atoms with E-state index in [1.165, 1.54) is 5.57 Å². The minimum atomic E-state index is -0.146. The number of hydrogen-bond donors (Lipinski definition) is 1.